The summed E-state index contributed by atoms with van der Waals surface area (Å²) < 4.78 is 23.6. The van der Waals surface area contributed by atoms with Gasteiger partial charge in [0.2, 0.25) is 0 Å². The number of fused-ring (bicyclic) bond motifs is 2. The Kier molecular flexibility index (Phi) is 5.81. The van der Waals surface area contributed by atoms with Gasteiger partial charge in [-0.05, 0) is 37.8 Å². The average molecular weight is 494 g/mol. The molecule has 0 radical (unpaired) electrons. The molecule has 1 amide bonds. The van der Waals surface area contributed by atoms with Crippen LogP contribution in [0.3, 0.4) is 0 Å². The Morgan fingerprint density at radius 3 is 2.94 bits per heavy atom. The van der Waals surface area contributed by atoms with Crippen molar-refractivity contribution in [2.75, 3.05) is 25.6 Å². The summed E-state index contributed by atoms with van der Waals surface area (Å²) in [5.74, 6) is 0.323. The van der Waals surface area contributed by atoms with Crippen LogP contribution < -0.4 is 10.6 Å². The third-order valence-corrected chi connectivity index (χ3v) is 7.24. The van der Waals surface area contributed by atoms with Crippen molar-refractivity contribution in [1.82, 2.24) is 29.5 Å². The first-order valence-corrected chi connectivity index (χ1v) is 12.3. The van der Waals surface area contributed by atoms with Crippen molar-refractivity contribution in [3.8, 4) is 11.3 Å². The molecule has 1 saturated heterocycles. The summed E-state index contributed by atoms with van der Waals surface area (Å²) in [7, 11) is 1.77. The number of nitrogens with one attached hydrogen (secondary N) is 2. The van der Waals surface area contributed by atoms with E-state index in [2.05, 4.69) is 20.7 Å². The number of amides is 1. The van der Waals surface area contributed by atoms with Gasteiger partial charge < -0.3 is 25.0 Å². The van der Waals surface area contributed by atoms with Gasteiger partial charge in [-0.1, -0.05) is 0 Å². The van der Waals surface area contributed by atoms with E-state index in [1.165, 1.54) is 6.20 Å². The molecule has 188 valence electrons. The van der Waals surface area contributed by atoms with Crippen LogP contribution in [0.5, 0.6) is 0 Å². The number of ether oxygens (including phenoxy) is 1. The van der Waals surface area contributed by atoms with Gasteiger partial charge in [0.05, 0.1) is 36.7 Å². The third kappa shape index (κ3) is 3.79. The first-order valence-electron chi connectivity index (χ1n) is 12.3. The summed E-state index contributed by atoms with van der Waals surface area (Å²) in [6.45, 7) is 0.551. The van der Waals surface area contributed by atoms with E-state index < -0.39 is 12.3 Å². The van der Waals surface area contributed by atoms with E-state index in [-0.39, 0.29) is 24.6 Å². The van der Waals surface area contributed by atoms with E-state index in [4.69, 9.17) is 9.72 Å². The zero-order valence-corrected chi connectivity index (χ0v) is 19.9. The van der Waals surface area contributed by atoms with E-state index in [1.54, 1.807) is 17.8 Å². The van der Waals surface area contributed by atoms with Crippen molar-refractivity contribution in [3.63, 3.8) is 0 Å². The predicted molar refractivity (Wildman–Crippen MR) is 132 cm³/mol. The number of halogens is 1. The largest absolute Gasteiger partial charge is 0.391 e. The smallest absolute Gasteiger partial charge is 0.257 e. The molecule has 3 N–H and O–H groups in total. The van der Waals surface area contributed by atoms with Crippen LogP contribution in [0, 0.1) is 0 Å². The molecule has 2 aliphatic rings. The minimum Gasteiger partial charge on any atom is -0.391 e. The minimum absolute atomic E-state index is 0.0601. The highest BCUT2D eigenvalue weighted by Gasteiger charge is 2.31. The molecule has 0 spiro atoms. The van der Waals surface area contributed by atoms with Gasteiger partial charge in [0.1, 0.15) is 23.2 Å². The fourth-order valence-corrected chi connectivity index (χ4v) is 5.34. The second-order valence-electron chi connectivity index (χ2n) is 9.42. The van der Waals surface area contributed by atoms with Crippen molar-refractivity contribution in [1.29, 1.82) is 0 Å². The molecular formula is C25H28FN7O3. The summed E-state index contributed by atoms with van der Waals surface area (Å²) in [5, 5.41) is 21.4. The molecule has 0 aromatic carbocycles. The number of anilines is 1. The Balaban J connectivity index is 1.46. The van der Waals surface area contributed by atoms with E-state index in [0.717, 1.165) is 23.8 Å². The van der Waals surface area contributed by atoms with Gasteiger partial charge in [-0.2, -0.15) is 9.61 Å². The molecule has 6 rings (SSSR count). The highest BCUT2D eigenvalue weighted by atomic mass is 19.1. The number of aliphatic hydroxyl groups is 1. The molecule has 1 aliphatic carbocycles. The molecule has 5 heterocycles. The van der Waals surface area contributed by atoms with E-state index in [9.17, 15) is 14.3 Å². The van der Waals surface area contributed by atoms with Crippen LogP contribution in [0.1, 0.15) is 42.1 Å². The first kappa shape index (κ1) is 22.9. The number of carbonyl (C=O) groups is 1. The van der Waals surface area contributed by atoms with Crippen molar-refractivity contribution >= 4 is 28.4 Å². The fraction of sp³-hybridized carbons (Fsp3) is 0.440. The number of pyridine rings is 1. The van der Waals surface area contributed by atoms with E-state index in [1.807, 2.05) is 29.0 Å². The Morgan fingerprint density at radius 1 is 1.28 bits per heavy atom. The monoisotopic (exact) mass is 493 g/mol. The molecule has 1 saturated carbocycles. The zero-order chi connectivity index (χ0) is 24.8. The number of nitrogens with zero attached hydrogens (tertiary/aromatic N) is 5. The summed E-state index contributed by atoms with van der Waals surface area (Å²) in [6.07, 6.45) is 6.24. The van der Waals surface area contributed by atoms with Gasteiger partial charge in [-0.15, -0.1) is 0 Å². The summed E-state index contributed by atoms with van der Waals surface area (Å²) in [6, 6.07) is 4.97. The average Bonchev–Trinajstić information content (AvgIpc) is 3.61. The highest BCUT2D eigenvalue weighted by Crippen LogP contribution is 2.35. The van der Waals surface area contributed by atoms with Crippen LogP contribution in [0.15, 0.2) is 36.8 Å². The maximum Gasteiger partial charge on any atom is 0.257 e. The molecular weight excluding hydrogens is 465 g/mol. The molecule has 0 bridgehead atoms. The van der Waals surface area contributed by atoms with Crippen LogP contribution in [0.25, 0.3) is 27.9 Å². The number of carbonyl (C=O) groups excluding carboxylic acids is 1. The van der Waals surface area contributed by atoms with Crippen LogP contribution in [0.2, 0.25) is 0 Å². The third-order valence-electron chi connectivity index (χ3n) is 7.24. The predicted octanol–water partition coefficient (Wildman–Crippen LogP) is 2.73. The van der Waals surface area contributed by atoms with Gasteiger partial charge >= 0.3 is 0 Å². The maximum atomic E-state index is 14.8. The molecule has 4 aromatic heterocycles. The van der Waals surface area contributed by atoms with Gasteiger partial charge in [-0.3, -0.25) is 4.79 Å². The van der Waals surface area contributed by atoms with Crippen molar-refractivity contribution in [2.24, 2.45) is 0 Å². The lowest BCUT2D eigenvalue weighted by Crippen LogP contribution is -2.39. The Morgan fingerprint density at radius 2 is 2.17 bits per heavy atom. The minimum atomic E-state index is -1.14. The normalized spacial score (nSPS) is 24.4. The standard InChI is InChI=1S/C25H28FN7O3/c1-27-22-10-19(30-24-15(11-29-33(22)24)25(35)31-18-5-2-6-21(18)34)16-12-32(20-7-9-36-13-17(20)26)23-14(16)4-3-8-28-23/h3-4,8,10-12,17-18,20-21,27,34H,2,5-7,9,13H2,1H3,(H,31,35)/t17-,18-,20-,21+/m0/s1. The van der Waals surface area contributed by atoms with Crippen LogP contribution in [-0.4, -0.2) is 73.7 Å². The first-order chi connectivity index (χ1) is 17.5. The maximum absolute atomic E-state index is 14.8. The summed E-state index contributed by atoms with van der Waals surface area (Å²) in [5.41, 5.74) is 2.79. The lowest BCUT2D eigenvalue weighted by molar-refractivity contribution is 0.00443. The van der Waals surface area contributed by atoms with Crippen LogP contribution in [-0.2, 0) is 4.74 Å². The fourth-order valence-electron chi connectivity index (χ4n) is 5.34. The summed E-state index contributed by atoms with van der Waals surface area (Å²) >= 11 is 0. The van der Waals surface area contributed by atoms with Gasteiger partial charge in [0.25, 0.3) is 5.91 Å². The number of hydrogen-bond donors (Lipinski definition) is 3. The highest BCUT2D eigenvalue weighted by molar-refractivity contribution is 6.01. The van der Waals surface area contributed by atoms with E-state index in [0.29, 0.717) is 47.8 Å². The Labute approximate surface area is 206 Å². The van der Waals surface area contributed by atoms with Gasteiger partial charge in [-0.25, -0.2) is 14.4 Å². The second-order valence-corrected chi connectivity index (χ2v) is 9.42. The van der Waals surface area contributed by atoms with Gasteiger partial charge in [0.15, 0.2) is 5.65 Å². The Hall–Kier alpha value is -3.57. The number of aromatic nitrogens is 5. The molecule has 10 nitrogen and oxygen atoms in total. The molecule has 4 aromatic rings. The number of aliphatic hydroxyl groups excluding tert-OH is 1. The van der Waals surface area contributed by atoms with Gasteiger partial charge in [0, 0.05) is 43.1 Å². The molecule has 0 unspecified atom stereocenters. The lowest BCUT2D eigenvalue weighted by atomic mass is 10.1. The zero-order valence-electron chi connectivity index (χ0n) is 19.9. The molecule has 2 fully saturated rings. The van der Waals surface area contributed by atoms with Crippen molar-refractivity contribution in [3.05, 3.63) is 42.4 Å². The molecule has 11 heteroatoms. The quantitative estimate of drug-likeness (QED) is 0.391. The van der Waals surface area contributed by atoms with Crippen LogP contribution >= 0.6 is 0 Å². The molecule has 36 heavy (non-hydrogen) atoms. The second kappa shape index (κ2) is 9.14. The summed E-state index contributed by atoms with van der Waals surface area (Å²) in [4.78, 5) is 22.5. The molecule has 4 atom stereocenters. The van der Waals surface area contributed by atoms with Crippen molar-refractivity contribution in [2.45, 2.75) is 50.0 Å². The molecule has 1 aliphatic heterocycles. The topological polar surface area (TPSA) is 119 Å². The Bertz CT molecular complexity index is 1430. The number of alkyl halides is 1. The SMILES string of the molecule is CNc1cc(-c2cn([C@H]3CCOC[C@@H]3F)c3ncccc23)nc2c(C(=O)N[C@H]3CCC[C@H]3O)cnn12. The van der Waals surface area contributed by atoms with E-state index >= 15 is 0 Å². The number of rotatable bonds is 5. The lowest BCUT2D eigenvalue weighted by Gasteiger charge is -2.27. The van der Waals surface area contributed by atoms with Crippen LogP contribution in [0.4, 0.5) is 10.2 Å². The van der Waals surface area contributed by atoms with Crippen molar-refractivity contribution < 1.29 is 19.0 Å². The number of hydrogen-bond acceptors (Lipinski definition) is 7.